The number of aryl methyl sites for hydroxylation is 1. The number of rotatable bonds is 9. The summed E-state index contributed by atoms with van der Waals surface area (Å²) in [7, 11) is 1.64. The second kappa shape index (κ2) is 9.64. The summed E-state index contributed by atoms with van der Waals surface area (Å²) in [6.07, 6.45) is 2.11. The van der Waals surface area contributed by atoms with Crippen molar-refractivity contribution in [3.05, 3.63) is 59.7 Å². The molecule has 1 aliphatic carbocycles. The summed E-state index contributed by atoms with van der Waals surface area (Å²) in [6.45, 7) is 2.61. The standard InChI is InChI=1S/C22H26N2O3S/c1-16-3-7-18(8-4-16)23-21(25)14-28-15-22(26)24(19-9-10-19)13-17-5-11-20(27-2)12-6-17/h3-8,11-12,19H,9-10,13-15H2,1-2H3,(H,23,25). The predicted molar refractivity (Wildman–Crippen MR) is 114 cm³/mol. The molecule has 1 fully saturated rings. The molecule has 0 radical (unpaired) electrons. The summed E-state index contributed by atoms with van der Waals surface area (Å²) in [5, 5.41) is 2.86. The molecule has 0 spiro atoms. The normalized spacial score (nSPS) is 13.1. The minimum Gasteiger partial charge on any atom is -0.497 e. The Hall–Kier alpha value is -2.47. The number of carbonyl (C=O) groups is 2. The average Bonchev–Trinajstić information content (AvgIpc) is 3.53. The van der Waals surface area contributed by atoms with E-state index in [1.54, 1.807) is 7.11 Å². The second-order valence-electron chi connectivity index (χ2n) is 7.01. The number of nitrogens with zero attached hydrogens (tertiary/aromatic N) is 1. The maximum Gasteiger partial charge on any atom is 0.234 e. The monoisotopic (exact) mass is 398 g/mol. The molecule has 6 heteroatoms. The molecule has 1 aliphatic rings. The largest absolute Gasteiger partial charge is 0.497 e. The van der Waals surface area contributed by atoms with Gasteiger partial charge in [-0.25, -0.2) is 0 Å². The van der Waals surface area contributed by atoms with E-state index >= 15 is 0 Å². The van der Waals surface area contributed by atoms with Crippen molar-refractivity contribution in [3.8, 4) is 5.75 Å². The number of anilines is 1. The molecule has 1 saturated carbocycles. The van der Waals surface area contributed by atoms with E-state index in [1.165, 1.54) is 11.8 Å². The average molecular weight is 399 g/mol. The molecule has 3 rings (SSSR count). The van der Waals surface area contributed by atoms with E-state index < -0.39 is 0 Å². The van der Waals surface area contributed by atoms with E-state index in [4.69, 9.17) is 4.74 Å². The first kappa shape index (κ1) is 20.3. The van der Waals surface area contributed by atoms with Gasteiger partial charge in [0.2, 0.25) is 11.8 Å². The highest BCUT2D eigenvalue weighted by Gasteiger charge is 2.32. The highest BCUT2D eigenvalue weighted by molar-refractivity contribution is 8.00. The highest BCUT2D eigenvalue weighted by atomic mass is 32.2. The van der Waals surface area contributed by atoms with Crippen LogP contribution < -0.4 is 10.1 Å². The van der Waals surface area contributed by atoms with Gasteiger partial charge in [-0.1, -0.05) is 29.8 Å². The smallest absolute Gasteiger partial charge is 0.234 e. The third-order valence-electron chi connectivity index (χ3n) is 4.61. The van der Waals surface area contributed by atoms with Gasteiger partial charge in [-0.3, -0.25) is 9.59 Å². The third kappa shape index (κ3) is 6.02. The predicted octanol–water partition coefficient (Wildman–Crippen LogP) is 3.87. The van der Waals surface area contributed by atoms with Crippen molar-refractivity contribution < 1.29 is 14.3 Å². The summed E-state index contributed by atoms with van der Waals surface area (Å²) in [6, 6.07) is 15.8. The first-order valence-corrected chi connectivity index (χ1v) is 10.6. The van der Waals surface area contributed by atoms with Crippen LogP contribution in [-0.4, -0.2) is 41.4 Å². The minimum absolute atomic E-state index is 0.0882. The summed E-state index contributed by atoms with van der Waals surface area (Å²) in [5.74, 6) is 1.39. The zero-order valence-electron chi connectivity index (χ0n) is 16.3. The number of methoxy groups -OCH3 is 1. The molecule has 2 amide bonds. The van der Waals surface area contributed by atoms with Gasteiger partial charge in [0.1, 0.15) is 5.75 Å². The first-order valence-electron chi connectivity index (χ1n) is 9.42. The molecule has 0 aliphatic heterocycles. The van der Waals surface area contributed by atoms with Gasteiger partial charge in [0, 0.05) is 18.3 Å². The maximum atomic E-state index is 12.7. The van der Waals surface area contributed by atoms with Crippen LogP contribution in [0.4, 0.5) is 5.69 Å². The van der Waals surface area contributed by atoms with Crippen molar-refractivity contribution in [2.24, 2.45) is 0 Å². The molecular formula is C22H26N2O3S. The Bertz CT molecular complexity index is 802. The summed E-state index contributed by atoms with van der Waals surface area (Å²) < 4.78 is 5.18. The second-order valence-corrected chi connectivity index (χ2v) is 7.99. The zero-order chi connectivity index (χ0) is 19.9. The molecular weight excluding hydrogens is 372 g/mol. The van der Waals surface area contributed by atoms with E-state index in [-0.39, 0.29) is 17.6 Å². The zero-order valence-corrected chi connectivity index (χ0v) is 17.1. The molecule has 0 atom stereocenters. The lowest BCUT2D eigenvalue weighted by molar-refractivity contribution is -0.129. The molecule has 148 valence electrons. The molecule has 0 heterocycles. The molecule has 0 bridgehead atoms. The molecule has 0 unspecified atom stereocenters. The first-order chi connectivity index (χ1) is 13.5. The van der Waals surface area contributed by atoms with E-state index in [0.29, 0.717) is 18.3 Å². The van der Waals surface area contributed by atoms with E-state index in [1.807, 2.05) is 60.4 Å². The Morgan fingerprint density at radius 1 is 1.07 bits per heavy atom. The van der Waals surface area contributed by atoms with Crippen LogP contribution in [0.5, 0.6) is 5.75 Å². The number of carbonyl (C=O) groups excluding carboxylic acids is 2. The van der Waals surface area contributed by atoms with Gasteiger partial charge in [0.15, 0.2) is 0 Å². The van der Waals surface area contributed by atoms with Crippen LogP contribution in [-0.2, 0) is 16.1 Å². The molecule has 2 aromatic rings. The van der Waals surface area contributed by atoms with E-state index in [2.05, 4.69) is 5.32 Å². The fraction of sp³-hybridized carbons (Fsp3) is 0.364. The third-order valence-corrected chi connectivity index (χ3v) is 5.53. The number of hydrogen-bond donors (Lipinski definition) is 1. The summed E-state index contributed by atoms with van der Waals surface area (Å²) >= 11 is 1.36. The Morgan fingerprint density at radius 3 is 2.36 bits per heavy atom. The van der Waals surface area contributed by atoms with Crippen molar-refractivity contribution >= 4 is 29.3 Å². The Balaban J connectivity index is 1.46. The van der Waals surface area contributed by atoms with E-state index in [0.717, 1.165) is 35.4 Å². The number of nitrogens with one attached hydrogen (secondary N) is 1. The molecule has 5 nitrogen and oxygen atoms in total. The van der Waals surface area contributed by atoms with Crippen LogP contribution in [0.3, 0.4) is 0 Å². The summed E-state index contributed by atoms with van der Waals surface area (Å²) in [5.41, 5.74) is 3.01. The van der Waals surface area contributed by atoms with Crippen molar-refractivity contribution in [1.82, 2.24) is 4.90 Å². The van der Waals surface area contributed by atoms with Crippen molar-refractivity contribution in [1.29, 1.82) is 0 Å². The quantitative estimate of drug-likeness (QED) is 0.697. The van der Waals surface area contributed by atoms with Crippen molar-refractivity contribution in [2.75, 3.05) is 23.9 Å². The Morgan fingerprint density at radius 2 is 1.75 bits per heavy atom. The summed E-state index contributed by atoms with van der Waals surface area (Å²) in [4.78, 5) is 26.7. The lowest BCUT2D eigenvalue weighted by Crippen LogP contribution is -2.34. The van der Waals surface area contributed by atoms with Crippen LogP contribution in [0.1, 0.15) is 24.0 Å². The highest BCUT2D eigenvalue weighted by Crippen LogP contribution is 2.29. The van der Waals surface area contributed by atoms with Crippen molar-refractivity contribution in [3.63, 3.8) is 0 Å². The fourth-order valence-electron chi connectivity index (χ4n) is 2.88. The number of hydrogen-bond acceptors (Lipinski definition) is 4. The molecule has 1 N–H and O–H groups in total. The minimum atomic E-state index is -0.0882. The van der Waals surface area contributed by atoms with Crippen LogP contribution in [0, 0.1) is 6.92 Å². The number of ether oxygens (including phenoxy) is 1. The Labute approximate surface area is 170 Å². The molecule has 0 saturated heterocycles. The fourth-order valence-corrected chi connectivity index (χ4v) is 3.58. The van der Waals surface area contributed by atoms with Crippen LogP contribution in [0.25, 0.3) is 0 Å². The molecule has 2 aromatic carbocycles. The van der Waals surface area contributed by atoms with Crippen LogP contribution in [0.2, 0.25) is 0 Å². The van der Waals surface area contributed by atoms with Crippen LogP contribution >= 0.6 is 11.8 Å². The van der Waals surface area contributed by atoms with Gasteiger partial charge >= 0.3 is 0 Å². The molecule has 28 heavy (non-hydrogen) atoms. The van der Waals surface area contributed by atoms with Gasteiger partial charge < -0.3 is 15.0 Å². The topological polar surface area (TPSA) is 58.6 Å². The van der Waals surface area contributed by atoms with Gasteiger partial charge in [-0.05, 0) is 49.6 Å². The van der Waals surface area contributed by atoms with Gasteiger partial charge in [0.25, 0.3) is 0 Å². The van der Waals surface area contributed by atoms with Gasteiger partial charge in [-0.15, -0.1) is 11.8 Å². The van der Waals surface area contributed by atoms with Gasteiger partial charge in [-0.2, -0.15) is 0 Å². The van der Waals surface area contributed by atoms with Crippen molar-refractivity contribution in [2.45, 2.75) is 32.4 Å². The SMILES string of the molecule is COc1ccc(CN(C(=O)CSCC(=O)Nc2ccc(C)cc2)C2CC2)cc1. The van der Waals surface area contributed by atoms with Crippen LogP contribution in [0.15, 0.2) is 48.5 Å². The van der Waals surface area contributed by atoms with E-state index in [9.17, 15) is 9.59 Å². The maximum absolute atomic E-state index is 12.7. The Kier molecular flexibility index (Phi) is 6.98. The van der Waals surface area contributed by atoms with Gasteiger partial charge in [0.05, 0.1) is 18.6 Å². The lowest BCUT2D eigenvalue weighted by Gasteiger charge is -2.22. The lowest BCUT2D eigenvalue weighted by atomic mass is 10.2. The number of amides is 2. The molecule has 0 aromatic heterocycles. The number of benzene rings is 2. The number of thioether (sulfide) groups is 1.